The Labute approximate surface area is 111 Å². The van der Waals surface area contributed by atoms with Crippen molar-refractivity contribution in [3.63, 3.8) is 0 Å². The van der Waals surface area contributed by atoms with Gasteiger partial charge >= 0.3 is 0 Å². The van der Waals surface area contributed by atoms with E-state index in [4.69, 9.17) is 5.84 Å². The number of aryl methyl sites for hydroxylation is 1. The zero-order valence-corrected chi connectivity index (χ0v) is 11.5. The second kappa shape index (κ2) is 5.39. The highest BCUT2D eigenvalue weighted by Crippen LogP contribution is 2.21. The number of thiazole rings is 1. The summed E-state index contributed by atoms with van der Waals surface area (Å²) in [7, 11) is 0. The van der Waals surface area contributed by atoms with Crippen LogP contribution < -0.4 is 16.6 Å². The molecular weight excluding hydrogens is 304 g/mol. The normalized spacial score (nSPS) is 10.3. The maximum absolute atomic E-state index is 5.25. The van der Waals surface area contributed by atoms with Gasteiger partial charge in [0, 0.05) is 17.3 Å². The number of nitrogens with zero attached hydrogens (tertiary/aromatic N) is 3. The number of halogens is 1. The van der Waals surface area contributed by atoms with Crippen molar-refractivity contribution in [1.82, 2.24) is 15.0 Å². The van der Waals surface area contributed by atoms with E-state index >= 15 is 0 Å². The Morgan fingerprint density at radius 1 is 1.47 bits per heavy atom. The minimum atomic E-state index is 0.367. The summed E-state index contributed by atoms with van der Waals surface area (Å²) in [6.07, 6.45) is 1.64. The first-order chi connectivity index (χ1) is 8.19. The highest BCUT2D eigenvalue weighted by molar-refractivity contribution is 9.10. The van der Waals surface area contributed by atoms with Crippen LogP contribution >= 0.6 is 27.3 Å². The number of rotatable bonds is 4. The lowest BCUT2D eigenvalue weighted by Gasteiger charge is -2.07. The molecule has 0 saturated carbocycles. The molecule has 2 heterocycles. The van der Waals surface area contributed by atoms with Crippen LogP contribution in [0.5, 0.6) is 0 Å². The number of anilines is 2. The van der Waals surface area contributed by atoms with Crippen LogP contribution in [0.25, 0.3) is 0 Å². The van der Waals surface area contributed by atoms with Gasteiger partial charge in [-0.2, -0.15) is 4.98 Å². The van der Waals surface area contributed by atoms with Gasteiger partial charge in [-0.05, 0) is 22.9 Å². The first-order valence-electron chi connectivity index (χ1n) is 4.83. The summed E-state index contributed by atoms with van der Waals surface area (Å²) in [4.78, 5) is 12.5. The van der Waals surface area contributed by atoms with Gasteiger partial charge in [-0.3, -0.25) is 5.43 Å². The van der Waals surface area contributed by atoms with Crippen LogP contribution in [0.3, 0.4) is 0 Å². The number of aromatic nitrogens is 3. The van der Waals surface area contributed by atoms with Crippen molar-refractivity contribution in [3.05, 3.63) is 26.8 Å². The van der Waals surface area contributed by atoms with Gasteiger partial charge in [0.15, 0.2) is 0 Å². The zero-order chi connectivity index (χ0) is 12.3. The maximum Gasteiger partial charge on any atom is 0.239 e. The summed E-state index contributed by atoms with van der Waals surface area (Å²) < 4.78 is 0.782. The van der Waals surface area contributed by atoms with Crippen LogP contribution in [-0.4, -0.2) is 15.0 Å². The molecule has 0 atom stereocenters. The molecule has 0 aliphatic rings. The van der Waals surface area contributed by atoms with Gasteiger partial charge in [0.2, 0.25) is 5.95 Å². The third-order valence-electron chi connectivity index (χ3n) is 1.95. The zero-order valence-electron chi connectivity index (χ0n) is 9.07. The Kier molecular flexibility index (Phi) is 3.87. The first kappa shape index (κ1) is 12.2. The Morgan fingerprint density at radius 3 is 2.94 bits per heavy atom. The average Bonchev–Trinajstić information content (AvgIpc) is 2.74. The highest BCUT2D eigenvalue weighted by Gasteiger charge is 2.05. The molecule has 0 fully saturated rings. The van der Waals surface area contributed by atoms with E-state index in [1.54, 1.807) is 17.5 Å². The molecule has 2 rings (SSSR count). The van der Waals surface area contributed by atoms with Crippen LogP contribution in [0.2, 0.25) is 0 Å². The molecule has 0 saturated heterocycles. The molecule has 0 aromatic carbocycles. The molecule has 90 valence electrons. The summed E-state index contributed by atoms with van der Waals surface area (Å²) in [6, 6.07) is 0. The Balaban J connectivity index is 2.07. The molecule has 0 bridgehead atoms. The van der Waals surface area contributed by atoms with E-state index in [2.05, 4.69) is 41.6 Å². The predicted molar refractivity (Wildman–Crippen MR) is 71.7 cm³/mol. The van der Waals surface area contributed by atoms with Crippen LogP contribution in [0, 0.1) is 6.92 Å². The van der Waals surface area contributed by atoms with E-state index in [9.17, 15) is 0 Å². The van der Waals surface area contributed by atoms with Crippen molar-refractivity contribution in [3.8, 4) is 0 Å². The standard InChI is InChI=1S/C9H11BrN6S/c1-5-4-17-7(14-5)3-12-8-6(10)2-13-9(15-8)16-11/h2,4H,3,11H2,1H3,(H2,12,13,15,16). The van der Waals surface area contributed by atoms with E-state index < -0.39 is 0 Å². The van der Waals surface area contributed by atoms with Gasteiger partial charge in [-0.25, -0.2) is 15.8 Å². The Morgan fingerprint density at radius 2 is 2.29 bits per heavy atom. The molecule has 0 aliphatic heterocycles. The monoisotopic (exact) mass is 314 g/mol. The summed E-state index contributed by atoms with van der Waals surface area (Å²) in [6.45, 7) is 2.59. The number of nitrogen functional groups attached to an aromatic ring is 1. The molecule has 17 heavy (non-hydrogen) atoms. The average molecular weight is 315 g/mol. The van der Waals surface area contributed by atoms with Crippen molar-refractivity contribution in [2.24, 2.45) is 5.84 Å². The Bertz CT molecular complexity index is 514. The van der Waals surface area contributed by atoms with Gasteiger partial charge in [-0.1, -0.05) is 0 Å². The van der Waals surface area contributed by atoms with Gasteiger partial charge in [0.25, 0.3) is 0 Å². The van der Waals surface area contributed by atoms with Crippen LogP contribution in [-0.2, 0) is 6.54 Å². The minimum Gasteiger partial charge on any atom is -0.362 e. The molecule has 0 radical (unpaired) electrons. The molecule has 8 heteroatoms. The lowest BCUT2D eigenvalue weighted by Crippen LogP contribution is -2.12. The lowest BCUT2D eigenvalue weighted by molar-refractivity contribution is 1.03. The van der Waals surface area contributed by atoms with Crippen molar-refractivity contribution in [2.45, 2.75) is 13.5 Å². The predicted octanol–water partition coefficient (Wildman–Crippen LogP) is 1.90. The number of hydrogen-bond donors (Lipinski definition) is 3. The second-order valence-corrected chi connectivity index (χ2v) is 5.07. The van der Waals surface area contributed by atoms with Gasteiger partial charge < -0.3 is 5.32 Å². The summed E-state index contributed by atoms with van der Waals surface area (Å²) in [5, 5.41) is 6.19. The fourth-order valence-electron chi connectivity index (χ4n) is 1.20. The largest absolute Gasteiger partial charge is 0.362 e. The fourth-order valence-corrected chi connectivity index (χ4v) is 2.25. The van der Waals surface area contributed by atoms with Gasteiger partial charge in [0.1, 0.15) is 10.8 Å². The van der Waals surface area contributed by atoms with E-state index in [-0.39, 0.29) is 0 Å². The molecule has 0 aliphatic carbocycles. The number of nitrogens with one attached hydrogen (secondary N) is 2. The third kappa shape index (κ3) is 3.11. The van der Waals surface area contributed by atoms with Crippen molar-refractivity contribution >= 4 is 39.0 Å². The first-order valence-corrected chi connectivity index (χ1v) is 6.50. The van der Waals surface area contributed by atoms with E-state index in [0.717, 1.165) is 15.2 Å². The highest BCUT2D eigenvalue weighted by atomic mass is 79.9. The van der Waals surface area contributed by atoms with Gasteiger partial charge in [0.05, 0.1) is 11.0 Å². The summed E-state index contributed by atoms with van der Waals surface area (Å²) in [5.74, 6) is 6.30. The maximum atomic E-state index is 5.25. The summed E-state index contributed by atoms with van der Waals surface area (Å²) in [5.41, 5.74) is 3.43. The minimum absolute atomic E-state index is 0.367. The van der Waals surface area contributed by atoms with E-state index in [1.807, 2.05) is 12.3 Å². The smallest absolute Gasteiger partial charge is 0.239 e. The van der Waals surface area contributed by atoms with Crippen LogP contribution in [0.1, 0.15) is 10.7 Å². The fraction of sp³-hybridized carbons (Fsp3) is 0.222. The third-order valence-corrected chi connectivity index (χ3v) is 3.49. The quantitative estimate of drug-likeness (QED) is 0.590. The SMILES string of the molecule is Cc1csc(CNc2nc(NN)ncc2Br)n1. The van der Waals surface area contributed by atoms with E-state index in [0.29, 0.717) is 18.3 Å². The molecule has 2 aromatic rings. The lowest BCUT2D eigenvalue weighted by atomic mass is 10.5. The molecule has 0 spiro atoms. The number of hydrazine groups is 1. The van der Waals surface area contributed by atoms with Gasteiger partial charge in [-0.15, -0.1) is 11.3 Å². The van der Waals surface area contributed by atoms with E-state index in [1.165, 1.54) is 0 Å². The summed E-state index contributed by atoms with van der Waals surface area (Å²) >= 11 is 4.98. The number of hydrogen-bond acceptors (Lipinski definition) is 7. The molecule has 6 nitrogen and oxygen atoms in total. The molecule has 2 aromatic heterocycles. The molecule has 0 amide bonds. The van der Waals surface area contributed by atoms with Crippen molar-refractivity contribution < 1.29 is 0 Å². The topological polar surface area (TPSA) is 88.8 Å². The van der Waals surface area contributed by atoms with Crippen molar-refractivity contribution in [1.29, 1.82) is 0 Å². The molecular formula is C9H11BrN6S. The Hall–Kier alpha value is -1.25. The molecule has 0 unspecified atom stereocenters. The second-order valence-electron chi connectivity index (χ2n) is 3.27. The number of nitrogens with two attached hydrogens (primary N) is 1. The van der Waals surface area contributed by atoms with Crippen LogP contribution in [0.15, 0.2) is 16.0 Å². The molecule has 4 N–H and O–H groups in total. The van der Waals surface area contributed by atoms with Crippen LogP contribution in [0.4, 0.5) is 11.8 Å². The van der Waals surface area contributed by atoms with Crippen molar-refractivity contribution in [2.75, 3.05) is 10.7 Å².